The van der Waals surface area contributed by atoms with E-state index in [4.69, 9.17) is 0 Å². The second-order valence-electron chi connectivity index (χ2n) is 10.3. The Morgan fingerprint density at radius 2 is 1.82 bits per heavy atom. The molecule has 7 nitrogen and oxygen atoms in total. The minimum absolute atomic E-state index is 0.0850. The van der Waals surface area contributed by atoms with Crippen molar-refractivity contribution in [3.8, 4) is 0 Å². The van der Waals surface area contributed by atoms with E-state index in [0.717, 1.165) is 29.8 Å². The quantitative estimate of drug-likeness (QED) is 0.271. The summed E-state index contributed by atoms with van der Waals surface area (Å²) >= 11 is 0. The molecule has 3 rings (SSSR count). The number of rotatable bonds is 10. The topological polar surface area (TPSA) is 68.8 Å². The number of carbonyl (C=O) groups excluding carboxylic acids is 2. The Kier molecular flexibility index (Phi) is 10.2. The third-order valence-electron chi connectivity index (χ3n) is 7.13. The molecule has 1 aliphatic rings. The average Bonchev–Trinajstić information content (AvgIpc) is 2.93. The molecule has 1 aromatic carbocycles. The number of aryl methyl sites for hydroxylation is 1. The zero-order valence-corrected chi connectivity index (χ0v) is 23.9. The fourth-order valence-electron chi connectivity index (χ4n) is 4.79. The van der Waals surface area contributed by atoms with Crippen LogP contribution in [0.2, 0.25) is 0 Å². The van der Waals surface area contributed by atoms with Gasteiger partial charge in [-0.2, -0.15) is 0 Å². The van der Waals surface area contributed by atoms with E-state index in [1.54, 1.807) is 51.6 Å². The number of amides is 1. The maximum Gasteiger partial charge on any atom is 0.253 e. The van der Waals surface area contributed by atoms with Gasteiger partial charge in [0.05, 0.1) is 5.69 Å². The van der Waals surface area contributed by atoms with E-state index in [2.05, 4.69) is 28.2 Å². The number of nitrogens with one attached hydrogen (secondary N) is 1. The monoisotopic (exact) mass is 533 g/mol. The number of nitrogens with zero attached hydrogens (tertiary/aromatic N) is 4. The molecule has 0 radical (unpaired) electrons. The molecule has 2 heterocycles. The van der Waals surface area contributed by atoms with Gasteiger partial charge in [-0.15, -0.1) is 0 Å². The fourth-order valence-corrected chi connectivity index (χ4v) is 4.79. The Hall–Kier alpha value is -3.78. The molecule has 1 N–H and O–H groups in total. The molecule has 0 aliphatic carbocycles. The Labute approximate surface area is 231 Å². The predicted molar refractivity (Wildman–Crippen MR) is 156 cm³/mol. The van der Waals surface area contributed by atoms with Crippen molar-refractivity contribution in [2.24, 2.45) is 0 Å². The Morgan fingerprint density at radius 1 is 1.15 bits per heavy atom. The maximum atomic E-state index is 15.9. The van der Waals surface area contributed by atoms with Gasteiger partial charge in [-0.05, 0) is 56.5 Å². The van der Waals surface area contributed by atoms with Crippen LogP contribution in [-0.4, -0.2) is 74.8 Å². The van der Waals surface area contributed by atoms with E-state index < -0.39 is 5.67 Å². The van der Waals surface area contributed by atoms with Gasteiger partial charge in [-0.25, -0.2) is 4.39 Å². The summed E-state index contributed by atoms with van der Waals surface area (Å²) in [5, 5.41) is 2.99. The lowest BCUT2D eigenvalue weighted by atomic mass is 9.85. The number of aldehydes is 1. The lowest BCUT2D eigenvalue weighted by Crippen LogP contribution is -2.40. The van der Waals surface area contributed by atoms with Gasteiger partial charge < -0.3 is 15.1 Å². The average molecular weight is 534 g/mol. The van der Waals surface area contributed by atoms with Crippen LogP contribution >= 0.6 is 0 Å². The second-order valence-corrected chi connectivity index (χ2v) is 10.3. The highest BCUT2D eigenvalue weighted by atomic mass is 19.1. The molecule has 1 amide bonds. The van der Waals surface area contributed by atoms with Crippen LogP contribution in [0, 0.1) is 6.92 Å². The highest BCUT2D eigenvalue weighted by Gasteiger charge is 2.36. The van der Waals surface area contributed by atoms with Crippen LogP contribution in [0.15, 0.2) is 66.2 Å². The molecule has 0 bridgehead atoms. The molecule has 1 aliphatic heterocycles. The van der Waals surface area contributed by atoms with Crippen molar-refractivity contribution in [2.45, 2.75) is 32.4 Å². The number of allylic oxidation sites excluding steroid dienone is 2. The van der Waals surface area contributed by atoms with Gasteiger partial charge in [0.1, 0.15) is 12.0 Å². The van der Waals surface area contributed by atoms with E-state index in [0.29, 0.717) is 42.8 Å². The molecular weight excluding hydrogens is 493 g/mol. The summed E-state index contributed by atoms with van der Waals surface area (Å²) in [5.41, 5.74) is 4.64. The molecule has 208 valence electrons. The van der Waals surface area contributed by atoms with E-state index in [9.17, 15) is 9.59 Å². The summed E-state index contributed by atoms with van der Waals surface area (Å²) in [6, 6.07) is 8.91. The number of piperidine rings is 1. The Bertz CT molecular complexity index is 1240. The van der Waals surface area contributed by atoms with Gasteiger partial charge in [-0.3, -0.25) is 19.5 Å². The van der Waals surface area contributed by atoms with E-state index in [-0.39, 0.29) is 5.91 Å². The highest BCUT2D eigenvalue weighted by molar-refractivity contribution is 5.93. The summed E-state index contributed by atoms with van der Waals surface area (Å²) in [6.45, 7) is 6.12. The van der Waals surface area contributed by atoms with Crippen molar-refractivity contribution in [3.63, 3.8) is 0 Å². The molecule has 1 fully saturated rings. The lowest BCUT2D eigenvalue weighted by Gasteiger charge is -2.37. The minimum Gasteiger partial charge on any atom is -0.388 e. The Balaban J connectivity index is 1.68. The van der Waals surface area contributed by atoms with E-state index in [1.807, 2.05) is 37.2 Å². The number of likely N-dealkylation sites (N-methyl/N-ethyl adjacent to an activating group) is 1. The normalized spacial score (nSPS) is 16.3. The number of halogens is 1. The molecule has 8 heteroatoms. The molecule has 39 heavy (non-hydrogen) atoms. The van der Waals surface area contributed by atoms with Crippen LogP contribution in [0.1, 0.15) is 46.9 Å². The summed E-state index contributed by atoms with van der Waals surface area (Å²) in [4.78, 5) is 33.3. The summed E-state index contributed by atoms with van der Waals surface area (Å²) in [5.74, 6) is -0.0850. The fraction of sp³-hybridized carbons (Fsp3) is 0.387. The molecule has 0 saturated carbocycles. The molecule has 0 spiro atoms. The third kappa shape index (κ3) is 7.63. The third-order valence-corrected chi connectivity index (χ3v) is 7.13. The number of alkyl halides is 1. The first kappa shape index (κ1) is 29.8. The molecular formula is C31H40FN5O2. The van der Waals surface area contributed by atoms with Gasteiger partial charge in [0.2, 0.25) is 0 Å². The van der Waals surface area contributed by atoms with Gasteiger partial charge in [0.15, 0.2) is 0 Å². The number of aromatic nitrogens is 1. The van der Waals surface area contributed by atoms with Crippen LogP contribution in [0.4, 0.5) is 10.1 Å². The van der Waals surface area contributed by atoms with Gasteiger partial charge in [0.25, 0.3) is 5.91 Å². The number of anilines is 1. The van der Waals surface area contributed by atoms with Crippen molar-refractivity contribution < 1.29 is 14.0 Å². The number of likely N-dealkylation sites (tertiary alicyclic amines) is 1. The van der Waals surface area contributed by atoms with Crippen LogP contribution < -0.4 is 10.2 Å². The number of benzene rings is 1. The first-order valence-corrected chi connectivity index (χ1v) is 13.2. The van der Waals surface area contributed by atoms with Gasteiger partial charge in [-0.1, -0.05) is 23.8 Å². The zero-order valence-electron chi connectivity index (χ0n) is 23.9. The summed E-state index contributed by atoms with van der Waals surface area (Å²) in [7, 11) is 7.15. The molecule has 1 aromatic heterocycles. The molecule has 1 saturated heterocycles. The number of carbonyl (C=O) groups is 2. The minimum atomic E-state index is -1.39. The maximum absolute atomic E-state index is 15.9. The Morgan fingerprint density at radius 3 is 2.41 bits per heavy atom. The number of pyridine rings is 1. The standard InChI is InChI=1S/C31H40FN5O2/c1-23(21-28-24(2)34-16-11-29(28)36(6)17-12-27(33-3)13-20-38)22-37-18-14-31(32,15-19-37)26-9-7-25(8-10-26)30(39)35(4)5/h7-13,16-17,20-21,33H,14-15,18-19,22H2,1-6H3/b17-12-,23-21+,27-13+. The highest BCUT2D eigenvalue weighted by Crippen LogP contribution is 2.37. The summed E-state index contributed by atoms with van der Waals surface area (Å²) < 4.78 is 15.9. The zero-order chi connectivity index (χ0) is 28.6. The largest absolute Gasteiger partial charge is 0.388 e. The molecule has 0 unspecified atom stereocenters. The van der Waals surface area contributed by atoms with Gasteiger partial charge >= 0.3 is 0 Å². The molecule has 2 aromatic rings. The van der Waals surface area contributed by atoms with Crippen molar-refractivity contribution in [3.05, 3.63) is 88.5 Å². The predicted octanol–water partition coefficient (Wildman–Crippen LogP) is 4.71. The van der Waals surface area contributed by atoms with Crippen LogP contribution in [0.3, 0.4) is 0 Å². The van der Waals surface area contributed by atoms with Crippen LogP contribution in [0.5, 0.6) is 0 Å². The van der Waals surface area contributed by atoms with Gasteiger partial charge in [0, 0.05) is 88.8 Å². The molecule has 0 atom stereocenters. The van der Waals surface area contributed by atoms with Crippen molar-refractivity contribution in [1.82, 2.24) is 20.1 Å². The summed E-state index contributed by atoms with van der Waals surface area (Å²) in [6.07, 6.45) is 10.7. The van der Waals surface area contributed by atoms with Crippen molar-refractivity contribution in [1.29, 1.82) is 0 Å². The van der Waals surface area contributed by atoms with Crippen LogP contribution in [-0.2, 0) is 10.5 Å². The first-order valence-electron chi connectivity index (χ1n) is 13.2. The van der Waals surface area contributed by atoms with Crippen LogP contribution in [0.25, 0.3) is 6.08 Å². The van der Waals surface area contributed by atoms with E-state index >= 15 is 4.39 Å². The van der Waals surface area contributed by atoms with Crippen molar-refractivity contribution in [2.75, 3.05) is 52.7 Å². The van der Waals surface area contributed by atoms with E-state index in [1.165, 1.54) is 16.5 Å². The lowest BCUT2D eigenvalue weighted by molar-refractivity contribution is -0.104. The first-order chi connectivity index (χ1) is 18.6. The number of hydrogen-bond acceptors (Lipinski definition) is 6. The van der Waals surface area contributed by atoms with Crippen molar-refractivity contribution >= 4 is 24.0 Å². The SMILES string of the molecule is CNC(/C=C\N(C)c1ccnc(C)c1/C=C(\C)CN1CCC(F)(c2ccc(C(=O)N(C)C)cc2)CC1)=C/C=O. The second kappa shape index (κ2) is 13.3. The number of hydrogen-bond donors (Lipinski definition) is 1. The smallest absolute Gasteiger partial charge is 0.253 e.